The molecule has 0 saturated heterocycles. The molecular weight excluding hydrogens is 299 g/mol. The standard InChI is InChI=1S/C13H15FN2O4S/c1-3-16(4-2)21(18,19)10-5-6-12(14)11(9-10)13(17)20-8-7-15/h5-6,9H,3-4,8H2,1-2H3. The van der Waals surface area contributed by atoms with E-state index in [1.54, 1.807) is 19.9 Å². The summed E-state index contributed by atoms with van der Waals surface area (Å²) in [6.45, 7) is 3.32. The molecule has 0 bridgehead atoms. The maximum Gasteiger partial charge on any atom is 0.342 e. The molecule has 0 aliphatic carbocycles. The van der Waals surface area contributed by atoms with Gasteiger partial charge in [0, 0.05) is 13.1 Å². The Morgan fingerprint density at radius 1 is 1.38 bits per heavy atom. The van der Waals surface area contributed by atoms with E-state index >= 15 is 0 Å². The minimum absolute atomic E-state index is 0.198. The smallest absolute Gasteiger partial charge is 0.342 e. The SMILES string of the molecule is CCN(CC)S(=O)(=O)c1ccc(F)c(C(=O)OCC#N)c1. The van der Waals surface area contributed by atoms with Gasteiger partial charge in [-0.05, 0) is 18.2 Å². The number of rotatable bonds is 6. The van der Waals surface area contributed by atoms with Crippen molar-refractivity contribution < 1.29 is 22.3 Å². The van der Waals surface area contributed by atoms with Crippen LogP contribution >= 0.6 is 0 Å². The van der Waals surface area contributed by atoms with Crippen LogP contribution in [0, 0.1) is 17.1 Å². The van der Waals surface area contributed by atoms with Crippen LogP contribution in [0.3, 0.4) is 0 Å². The van der Waals surface area contributed by atoms with Gasteiger partial charge in [0.1, 0.15) is 11.9 Å². The lowest BCUT2D eigenvalue weighted by Crippen LogP contribution is -2.30. The average Bonchev–Trinajstić information content (AvgIpc) is 2.46. The van der Waals surface area contributed by atoms with Crippen molar-refractivity contribution >= 4 is 16.0 Å². The van der Waals surface area contributed by atoms with Crippen molar-refractivity contribution in [1.29, 1.82) is 5.26 Å². The molecule has 0 radical (unpaired) electrons. The second kappa shape index (κ2) is 7.15. The number of esters is 1. The van der Waals surface area contributed by atoms with Crippen LogP contribution in [0.5, 0.6) is 0 Å². The Hall–Kier alpha value is -1.98. The van der Waals surface area contributed by atoms with Crippen LogP contribution in [0.4, 0.5) is 4.39 Å². The van der Waals surface area contributed by atoms with Crippen molar-refractivity contribution in [2.75, 3.05) is 19.7 Å². The number of nitriles is 1. The Morgan fingerprint density at radius 3 is 2.52 bits per heavy atom. The molecule has 0 heterocycles. The van der Waals surface area contributed by atoms with E-state index in [0.717, 1.165) is 18.2 Å². The highest BCUT2D eigenvalue weighted by Gasteiger charge is 2.24. The van der Waals surface area contributed by atoms with E-state index in [2.05, 4.69) is 4.74 Å². The first-order valence-corrected chi connectivity index (χ1v) is 7.66. The molecule has 8 heteroatoms. The molecular formula is C13H15FN2O4S. The van der Waals surface area contributed by atoms with Gasteiger partial charge in [-0.25, -0.2) is 17.6 Å². The molecule has 0 amide bonds. The van der Waals surface area contributed by atoms with Gasteiger partial charge in [-0.1, -0.05) is 13.8 Å². The Balaban J connectivity index is 3.24. The number of carbonyl (C=O) groups excluding carboxylic acids is 1. The first-order valence-electron chi connectivity index (χ1n) is 6.22. The lowest BCUT2D eigenvalue weighted by atomic mass is 10.2. The van der Waals surface area contributed by atoms with Gasteiger partial charge in [-0.2, -0.15) is 9.57 Å². The second-order valence-electron chi connectivity index (χ2n) is 3.97. The lowest BCUT2D eigenvalue weighted by Gasteiger charge is -2.18. The van der Waals surface area contributed by atoms with Gasteiger partial charge in [0.2, 0.25) is 10.0 Å². The number of halogens is 1. The lowest BCUT2D eigenvalue weighted by molar-refractivity contribution is 0.0549. The molecule has 0 fully saturated rings. The average molecular weight is 314 g/mol. The summed E-state index contributed by atoms with van der Waals surface area (Å²) in [6.07, 6.45) is 0. The summed E-state index contributed by atoms with van der Waals surface area (Å²) < 4.78 is 43.9. The fourth-order valence-electron chi connectivity index (χ4n) is 1.71. The largest absolute Gasteiger partial charge is 0.447 e. The fraction of sp³-hybridized carbons (Fsp3) is 0.385. The minimum Gasteiger partial charge on any atom is -0.447 e. The van der Waals surface area contributed by atoms with E-state index in [-0.39, 0.29) is 18.0 Å². The van der Waals surface area contributed by atoms with Gasteiger partial charge in [0.25, 0.3) is 0 Å². The van der Waals surface area contributed by atoms with Crippen LogP contribution in [0.1, 0.15) is 24.2 Å². The van der Waals surface area contributed by atoms with E-state index in [1.807, 2.05) is 0 Å². The molecule has 0 unspecified atom stereocenters. The molecule has 0 atom stereocenters. The van der Waals surface area contributed by atoms with Crippen LogP contribution < -0.4 is 0 Å². The molecule has 0 aromatic heterocycles. The third-order valence-electron chi connectivity index (χ3n) is 2.77. The minimum atomic E-state index is -3.80. The topological polar surface area (TPSA) is 87.5 Å². The number of carbonyl (C=O) groups is 1. The Kier molecular flexibility index (Phi) is 5.81. The van der Waals surface area contributed by atoms with Gasteiger partial charge < -0.3 is 4.74 Å². The van der Waals surface area contributed by atoms with Crippen molar-refractivity contribution in [3.8, 4) is 6.07 Å². The number of nitrogens with zero attached hydrogens (tertiary/aromatic N) is 2. The van der Waals surface area contributed by atoms with Crippen LogP contribution in [0.15, 0.2) is 23.1 Å². The molecule has 1 aromatic rings. The Bertz CT molecular complexity index is 663. The Labute approximate surface area is 122 Å². The maximum absolute atomic E-state index is 13.6. The van der Waals surface area contributed by atoms with Crippen molar-refractivity contribution in [3.63, 3.8) is 0 Å². The number of hydrogen-bond donors (Lipinski definition) is 0. The normalized spacial score (nSPS) is 11.2. The summed E-state index contributed by atoms with van der Waals surface area (Å²) >= 11 is 0. The summed E-state index contributed by atoms with van der Waals surface area (Å²) in [5.41, 5.74) is -0.515. The van der Waals surface area contributed by atoms with E-state index in [0.29, 0.717) is 0 Å². The quantitative estimate of drug-likeness (QED) is 0.743. The summed E-state index contributed by atoms with van der Waals surface area (Å²) in [5, 5.41) is 8.33. The maximum atomic E-state index is 13.6. The monoisotopic (exact) mass is 314 g/mol. The third kappa shape index (κ3) is 3.77. The highest BCUT2D eigenvalue weighted by Crippen LogP contribution is 2.19. The fourth-order valence-corrected chi connectivity index (χ4v) is 3.19. The highest BCUT2D eigenvalue weighted by atomic mass is 32.2. The molecule has 0 aliphatic rings. The van der Waals surface area contributed by atoms with Crippen LogP contribution in [0.25, 0.3) is 0 Å². The van der Waals surface area contributed by atoms with E-state index in [1.165, 1.54) is 4.31 Å². The number of sulfonamides is 1. The zero-order chi connectivity index (χ0) is 16.0. The molecule has 6 nitrogen and oxygen atoms in total. The van der Waals surface area contributed by atoms with Crippen molar-refractivity contribution in [2.45, 2.75) is 18.7 Å². The molecule has 1 rings (SSSR count). The summed E-state index contributed by atoms with van der Waals surface area (Å²) in [7, 11) is -3.80. The zero-order valence-electron chi connectivity index (χ0n) is 11.7. The van der Waals surface area contributed by atoms with Gasteiger partial charge >= 0.3 is 5.97 Å². The predicted molar refractivity (Wildman–Crippen MR) is 72.4 cm³/mol. The van der Waals surface area contributed by atoms with Gasteiger partial charge in [0.15, 0.2) is 6.61 Å². The van der Waals surface area contributed by atoms with Gasteiger partial charge in [0.05, 0.1) is 10.5 Å². The predicted octanol–water partition coefficient (Wildman–Crippen LogP) is 1.54. The summed E-state index contributed by atoms with van der Waals surface area (Å²) in [6, 6.07) is 4.47. The van der Waals surface area contributed by atoms with E-state index in [4.69, 9.17) is 5.26 Å². The molecule has 0 saturated carbocycles. The van der Waals surface area contributed by atoms with Crippen molar-refractivity contribution in [3.05, 3.63) is 29.6 Å². The zero-order valence-corrected chi connectivity index (χ0v) is 12.5. The molecule has 0 aliphatic heterocycles. The van der Waals surface area contributed by atoms with Crippen LogP contribution in [0.2, 0.25) is 0 Å². The van der Waals surface area contributed by atoms with Crippen LogP contribution in [-0.4, -0.2) is 38.4 Å². The summed E-state index contributed by atoms with van der Waals surface area (Å²) in [5.74, 6) is -1.98. The first-order chi connectivity index (χ1) is 9.88. The number of benzene rings is 1. The van der Waals surface area contributed by atoms with Gasteiger partial charge in [-0.15, -0.1) is 0 Å². The highest BCUT2D eigenvalue weighted by molar-refractivity contribution is 7.89. The molecule has 0 N–H and O–H groups in total. The van der Waals surface area contributed by atoms with Crippen molar-refractivity contribution in [2.24, 2.45) is 0 Å². The third-order valence-corrected chi connectivity index (χ3v) is 4.81. The molecule has 0 spiro atoms. The molecule has 114 valence electrons. The first kappa shape index (κ1) is 17.1. The van der Waals surface area contributed by atoms with Gasteiger partial charge in [-0.3, -0.25) is 0 Å². The van der Waals surface area contributed by atoms with E-state index in [9.17, 15) is 17.6 Å². The Morgan fingerprint density at radius 2 is 2.00 bits per heavy atom. The second-order valence-corrected chi connectivity index (χ2v) is 5.90. The summed E-state index contributed by atoms with van der Waals surface area (Å²) in [4.78, 5) is 11.4. The van der Waals surface area contributed by atoms with Crippen molar-refractivity contribution in [1.82, 2.24) is 4.31 Å². The van der Waals surface area contributed by atoms with Crippen LogP contribution in [-0.2, 0) is 14.8 Å². The van der Waals surface area contributed by atoms with E-state index < -0.39 is 34.0 Å². The number of ether oxygens (including phenoxy) is 1. The number of hydrogen-bond acceptors (Lipinski definition) is 5. The molecule has 1 aromatic carbocycles. The molecule has 21 heavy (non-hydrogen) atoms.